The van der Waals surface area contributed by atoms with Crippen LogP contribution in [0.5, 0.6) is 0 Å². The molecule has 0 nitrogen and oxygen atoms in total. The van der Waals surface area contributed by atoms with E-state index in [9.17, 15) is 8.78 Å². The van der Waals surface area contributed by atoms with E-state index in [4.69, 9.17) is 0 Å². The maximum Gasteiger partial charge on any atom is 0.153 e. The third kappa shape index (κ3) is 5.58. The van der Waals surface area contributed by atoms with Crippen LogP contribution in [0.2, 0.25) is 0 Å². The minimum Gasteiger partial charge on any atom is -0.246 e. The minimum absolute atomic E-state index is 0.306. The van der Waals surface area contributed by atoms with Crippen LogP contribution in [0, 0.1) is 12.7 Å². The summed E-state index contributed by atoms with van der Waals surface area (Å²) in [7, 11) is 0. The fourth-order valence-electron chi connectivity index (χ4n) is 1.43. The highest BCUT2D eigenvalue weighted by Crippen LogP contribution is 2.40. The van der Waals surface area contributed by atoms with Crippen LogP contribution >= 0.6 is 127 Å². The van der Waals surface area contributed by atoms with Crippen LogP contribution in [0.3, 0.4) is 0 Å². The second-order valence-corrected chi connectivity index (χ2v) is 10.7. The molecule has 0 unspecified atom stereocenters. The summed E-state index contributed by atoms with van der Waals surface area (Å²) in [5.74, 6) is -0.306. The summed E-state index contributed by atoms with van der Waals surface area (Å²) in [6.07, 6.45) is 0. The van der Waals surface area contributed by atoms with Gasteiger partial charge in [-0.25, -0.2) is 8.78 Å². The Morgan fingerprint density at radius 2 is 1.17 bits per heavy atom. The number of rotatable bonds is 1. The van der Waals surface area contributed by atoms with Gasteiger partial charge < -0.3 is 0 Å². The Bertz CT molecular complexity index is 671. The largest absolute Gasteiger partial charge is 0.246 e. The first kappa shape index (κ1) is 24.2. The van der Waals surface area contributed by atoms with Gasteiger partial charge in [0.15, 0.2) is 5.82 Å². The fraction of sp³-hybridized carbons (Fsp3) is 0.143. The normalized spacial score (nSPS) is 10.5. The number of hydrogen-bond acceptors (Lipinski definition) is 0. The van der Waals surface area contributed by atoms with Crippen molar-refractivity contribution in [2.45, 2.75) is 13.6 Å². The first-order chi connectivity index (χ1) is 11.0. The number of benzene rings is 2. The van der Waals surface area contributed by atoms with Gasteiger partial charge in [-0.15, -0.1) is 0 Å². The molecule has 0 heterocycles. The van der Waals surface area contributed by atoms with E-state index >= 15 is 0 Å². The van der Waals surface area contributed by atoms with Crippen molar-refractivity contribution < 1.29 is 8.78 Å². The molecule has 2 rings (SSSR count). The molecule has 0 spiro atoms. The molecule has 0 atom stereocenters. The van der Waals surface area contributed by atoms with Crippen molar-refractivity contribution in [1.29, 1.82) is 0 Å². The highest BCUT2D eigenvalue weighted by Gasteiger charge is 2.15. The standard InChI is InChI=1S/2C7H3Br4F/c8-4-1-3(2-12)5(9)7(11)6(4)10;1-2-3(8)5(10)7(12)6(11)4(2)9/h1H,2H2;1H3. The molecular weight excluding hydrogens is 845 g/mol. The Morgan fingerprint density at radius 3 is 1.58 bits per heavy atom. The Hall–Kier alpha value is 2.14. The third-order valence-corrected chi connectivity index (χ3v) is 12.0. The molecule has 0 saturated carbocycles. The van der Waals surface area contributed by atoms with E-state index in [-0.39, 0.29) is 5.82 Å². The molecule has 0 N–H and O–H groups in total. The van der Waals surface area contributed by atoms with Gasteiger partial charge in [0, 0.05) is 26.8 Å². The maximum absolute atomic E-state index is 13.3. The lowest BCUT2D eigenvalue weighted by atomic mass is 10.2. The fourth-order valence-corrected chi connectivity index (χ4v) is 5.91. The molecule has 0 aliphatic carbocycles. The Labute approximate surface area is 205 Å². The molecule has 2 aromatic rings. The van der Waals surface area contributed by atoms with Crippen molar-refractivity contribution in [3.05, 3.63) is 58.8 Å². The van der Waals surface area contributed by atoms with Crippen molar-refractivity contribution in [2.24, 2.45) is 0 Å². The van der Waals surface area contributed by atoms with Gasteiger partial charge in [-0.2, -0.15) is 0 Å². The minimum atomic E-state index is -0.481. The van der Waals surface area contributed by atoms with Crippen LogP contribution in [-0.4, -0.2) is 0 Å². The molecule has 0 bridgehead atoms. The lowest BCUT2D eigenvalue weighted by molar-refractivity contribution is 0.483. The first-order valence-corrected chi connectivity index (χ1v) is 12.2. The summed E-state index contributed by atoms with van der Waals surface area (Å²) in [5.41, 5.74) is 1.58. The molecule has 0 fully saturated rings. The van der Waals surface area contributed by atoms with E-state index in [1.54, 1.807) is 6.07 Å². The zero-order valence-corrected chi connectivity index (χ0v) is 24.3. The van der Waals surface area contributed by atoms with Gasteiger partial charge in [0.1, 0.15) is 6.67 Å². The topological polar surface area (TPSA) is 0 Å². The number of alkyl halides is 1. The second kappa shape index (κ2) is 10.6. The highest BCUT2D eigenvalue weighted by molar-refractivity contribution is 9.15. The van der Waals surface area contributed by atoms with Gasteiger partial charge >= 0.3 is 0 Å². The molecule has 0 aromatic heterocycles. The molecular formula is C14H6Br8F2. The van der Waals surface area contributed by atoms with Gasteiger partial charge in [0.2, 0.25) is 0 Å². The van der Waals surface area contributed by atoms with E-state index in [0.29, 0.717) is 14.5 Å². The molecule has 10 heteroatoms. The average molecular weight is 851 g/mol. The van der Waals surface area contributed by atoms with Crippen molar-refractivity contribution in [3.8, 4) is 0 Å². The van der Waals surface area contributed by atoms with Gasteiger partial charge in [-0.05, 0) is 152 Å². The lowest BCUT2D eigenvalue weighted by Gasteiger charge is -2.07. The Balaban J connectivity index is 0.000000240. The average Bonchev–Trinajstić information content (AvgIpc) is 2.58. The highest BCUT2D eigenvalue weighted by atomic mass is 79.9. The van der Waals surface area contributed by atoms with E-state index in [0.717, 1.165) is 32.4 Å². The van der Waals surface area contributed by atoms with Crippen LogP contribution in [0.1, 0.15) is 11.1 Å². The monoisotopic (exact) mass is 843 g/mol. The van der Waals surface area contributed by atoms with Gasteiger partial charge in [-0.3, -0.25) is 0 Å². The molecule has 0 saturated heterocycles. The van der Waals surface area contributed by atoms with Crippen molar-refractivity contribution in [2.75, 3.05) is 0 Å². The summed E-state index contributed by atoms with van der Waals surface area (Å²) in [6, 6.07) is 1.74. The lowest BCUT2D eigenvalue weighted by Crippen LogP contribution is -1.88. The van der Waals surface area contributed by atoms with Crippen molar-refractivity contribution in [3.63, 3.8) is 0 Å². The quantitative estimate of drug-likeness (QED) is 0.198. The third-order valence-electron chi connectivity index (χ3n) is 2.75. The molecule has 24 heavy (non-hydrogen) atoms. The van der Waals surface area contributed by atoms with Crippen molar-refractivity contribution in [1.82, 2.24) is 0 Å². The van der Waals surface area contributed by atoms with Crippen LogP contribution in [-0.2, 0) is 6.67 Å². The zero-order valence-electron chi connectivity index (χ0n) is 11.6. The van der Waals surface area contributed by atoms with E-state index in [1.165, 1.54) is 0 Å². The second-order valence-electron chi connectivity index (χ2n) is 4.29. The maximum atomic E-state index is 13.3. The Kier molecular flexibility index (Phi) is 10.7. The summed E-state index contributed by atoms with van der Waals surface area (Å²) < 4.78 is 31.3. The number of hydrogen-bond donors (Lipinski definition) is 0. The summed E-state index contributed by atoms with van der Waals surface area (Å²) in [5, 5.41) is 0. The van der Waals surface area contributed by atoms with Gasteiger partial charge in [-0.1, -0.05) is 0 Å². The predicted octanol–water partition coefficient (Wildman–Crippen LogP) is 10.4. The first-order valence-electron chi connectivity index (χ1n) is 5.90. The zero-order chi connectivity index (χ0) is 18.8. The summed E-state index contributed by atoms with van der Waals surface area (Å²) in [4.78, 5) is 0. The molecule has 0 radical (unpaired) electrons. The van der Waals surface area contributed by atoms with Gasteiger partial charge in [0.25, 0.3) is 0 Å². The predicted molar refractivity (Wildman–Crippen MR) is 124 cm³/mol. The molecule has 2 aromatic carbocycles. The summed E-state index contributed by atoms with van der Waals surface area (Å²) >= 11 is 26.1. The molecule has 0 aliphatic heterocycles. The van der Waals surface area contributed by atoms with Crippen LogP contribution in [0.15, 0.2) is 41.8 Å². The molecule has 0 amide bonds. The van der Waals surface area contributed by atoms with Crippen LogP contribution in [0.4, 0.5) is 8.78 Å². The molecule has 132 valence electrons. The SMILES string of the molecule is Cc1c(Br)c(Br)c(F)c(Br)c1Br.FCc1cc(Br)c(Br)c(Br)c1Br. The van der Waals surface area contributed by atoms with Gasteiger partial charge in [0.05, 0.1) is 8.95 Å². The van der Waals surface area contributed by atoms with Crippen molar-refractivity contribution >= 4 is 127 Å². The van der Waals surface area contributed by atoms with E-state index in [1.807, 2.05) is 6.92 Å². The van der Waals surface area contributed by atoms with Crippen LogP contribution in [0.25, 0.3) is 0 Å². The number of halogens is 10. The summed E-state index contributed by atoms with van der Waals surface area (Å²) in [6.45, 7) is 1.41. The molecule has 0 aliphatic rings. The van der Waals surface area contributed by atoms with Crippen LogP contribution < -0.4 is 0 Å². The van der Waals surface area contributed by atoms with E-state index < -0.39 is 6.67 Å². The smallest absolute Gasteiger partial charge is 0.153 e. The van der Waals surface area contributed by atoms with E-state index in [2.05, 4.69) is 127 Å². The Morgan fingerprint density at radius 1 is 0.708 bits per heavy atom.